The van der Waals surface area contributed by atoms with Gasteiger partial charge in [-0.05, 0) is 78.8 Å². The van der Waals surface area contributed by atoms with E-state index in [1.165, 1.54) is 18.2 Å². The van der Waals surface area contributed by atoms with Crippen LogP contribution in [0, 0.1) is 22.6 Å². The van der Waals surface area contributed by atoms with Gasteiger partial charge in [-0.1, -0.05) is 99.9 Å². The predicted molar refractivity (Wildman–Crippen MR) is 174 cm³/mol. The number of aliphatic imine (C=N–C) groups is 1. The highest BCUT2D eigenvalue weighted by molar-refractivity contribution is 6.47. The van der Waals surface area contributed by atoms with Crippen LogP contribution in [0.5, 0.6) is 0 Å². The van der Waals surface area contributed by atoms with E-state index in [0.717, 1.165) is 17.9 Å². The van der Waals surface area contributed by atoms with Gasteiger partial charge in [0, 0.05) is 5.56 Å². The minimum absolute atomic E-state index is 0.0405. The van der Waals surface area contributed by atoms with Crippen LogP contribution >= 0.6 is 11.6 Å². The Balaban J connectivity index is 0.000000858. The van der Waals surface area contributed by atoms with E-state index in [9.17, 15) is 19.1 Å². The van der Waals surface area contributed by atoms with Gasteiger partial charge in [-0.2, -0.15) is 0 Å². The summed E-state index contributed by atoms with van der Waals surface area (Å²) in [5.74, 6) is -0.999. The summed E-state index contributed by atoms with van der Waals surface area (Å²) in [7, 11) is 0. The Kier molecular flexibility index (Phi) is 13.4. The van der Waals surface area contributed by atoms with Crippen molar-refractivity contribution in [3.63, 3.8) is 0 Å². The van der Waals surface area contributed by atoms with E-state index in [4.69, 9.17) is 16.6 Å². The molecule has 0 saturated carbocycles. The van der Waals surface area contributed by atoms with Gasteiger partial charge < -0.3 is 10.0 Å². The standard InChI is InChI=1S/C26H30ClFN2O3.C7H16.C2H6/c1-6-26(5)29-22(18-11-12-20(28)19(27)15-18)23(31)30(26)21(13-14-25(2,3)4)16-7-9-17(10-8-16)24(32)33;1-6(2)7(3,4)5;1-2/h7-12,15,21H,6,13-14H2,1-5H3,(H,32,33);6H,1-5H3;1-2H3. The van der Waals surface area contributed by atoms with Crippen LogP contribution in [0.25, 0.3) is 0 Å². The van der Waals surface area contributed by atoms with Crippen LogP contribution in [0.15, 0.2) is 47.5 Å². The van der Waals surface area contributed by atoms with Crippen molar-refractivity contribution >= 4 is 29.2 Å². The molecule has 234 valence electrons. The molecule has 2 aromatic carbocycles. The minimum atomic E-state index is -0.998. The minimum Gasteiger partial charge on any atom is -0.478 e. The van der Waals surface area contributed by atoms with Gasteiger partial charge in [0.05, 0.1) is 16.6 Å². The average molecular weight is 603 g/mol. The summed E-state index contributed by atoms with van der Waals surface area (Å²) in [5.41, 5.74) is 1.51. The van der Waals surface area contributed by atoms with Crippen molar-refractivity contribution in [2.45, 2.75) is 114 Å². The van der Waals surface area contributed by atoms with Crippen LogP contribution in [-0.2, 0) is 4.79 Å². The smallest absolute Gasteiger partial charge is 0.335 e. The summed E-state index contributed by atoms with van der Waals surface area (Å²) in [4.78, 5) is 31.7. The number of nitrogens with zero attached hydrogens (tertiary/aromatic N) is 2. The summed E-state index contributed by atoms with van der Waals surface area (Å²) < 4.78 is 13.7. The molecule has 0 radical (unpaired) electrons. The Hall–Kier alpha value is -2.73. The average Bonchev–Trinajstić information content (AvgIpc) is 3.17. The molecule has 7 heteroatoms. The fourth-order valence-electron chi connectivity index (χ4n) is 4.10. The van der Waals surface area contributed by atoms with Gasteiger partial charge in [0.25, 0.3) is 5.91 Å². The molecule has 1 aliphatic heterocycles. The monoisotopic (exact) mass is 602 g/mol. The third kappa shape index (κ3) is 9.93. The summed E-state index contributed by atoms with van der Waals surface area (Å²) >= 11 is 5.98. The number of hydrogen-bond acceptors (Lipinski definition) is 3. The molecule has 3 rings (SSSR count). The molecule has 0 aromatic heterocycles. The maximum atomic E-state index is 13.8. The zero-order chi connectivity index (χ0) is 32.6. The second-order valence-corrected chi connectivity index (χ2v) is 13.8. The number of hydrogen-bond donors (Lipinski definition) is 1. The number of benzene rings is 2. The molecule has 1 heterocycles. The molecule has 0 spiro atoms. The van der Waals surface area contributed by atoms with Gasteiger partial charge in [0.15, 0.2) is 0 Å². The summed E-state index contributed by atoms with van der Waals surface area (Å²) in [6.07, 6.45) is 2.11. The van der Waals surface area contributed by atoms with E-state index in [1.54, 1.807) is 29.2 Å². The summed E-state index contributed by atoms with van der Waals surface area (Å²) in [6.45, 7) is 25.6. The van der Waals surface area contributed by atoms with Crippen LogP contribution < -0.4 is 0 Å². The topological polar surface area (TPSA) is 70.0 Å². The third-order valence-electron chi connectivity index (χ3n) is 7.91. The first-order chi connectivity index (χ1) is 19.3. The molecular formula is C35H52ClFN2O3. The number of carbonyl (C=O) groups excluding carboxylic acids is 1. The molecule has 0 saturated heterocycles. The van der Waals surface area contributed by atoms with Gasteiger partial charge in [0.1, 0.15) is 17.2 Å². The molecule has 2 unspecified atom stereocenters. The zero-order valence-corrected chi connectivity index (χ0v) is 28.5. The normalized spacial score (nSPS) is 17.6. The van der Waals surface area contributed by atoms with Crippen LogP contribution in [0.1, 0.15) is 130 Å². The largest absolute Gasteiger partial charge is 0.478 e. The quantitative estimate of drug-likeness (QED) is 0.343. The molecular weight excluding hydrogens is 551 g/mol. The third-order valence-corrected chi connectivity index (χ3v) is 8.20. The number of carbonyl (C=O) groups is 2. The Labute approximate surface area is 258 Å². The van der Waals surface area contributed by atoms with Gasteiger partial charge >= 0.3 is 5.97 Å². The molecule has 0 bridgehead atoms. The van der Waals surface area contributed by atoms with Crippen molar-refractivity contribution in [3.05, 3.63) is 70.0 Å². The van der Waals surface area contributed by atoms with Gasteiger partial charge in [-0.15, -0.1) is 0 Å². The molecule has 0 aliphatic carbocycles. The number of amides is 1. The molecule has 0 fully saturated rings. The van der Waals surface area contributed by atoms with E-state index < -0.39 is 17.4 Å². The van der Waals surface area contributed by atoms with Crippen molar-refractivity contribution < 1.29 is 19.1 Å². The highest BCUT2D eigenvalue weighted by Gasteiger charge is 2.46. The summed E-state index contributed by atoms with van der Waals surface area (Å²) in [5, 5.41) is 9.22. The Morgan fingerprint density at radius 2 is 1.57 bits per heavy atom. The predicted octanol–water partition coefficient (Wildman–Crippen LogP) is 10.2. The lowest BCUT2D eigenvalue weighted by atomic mass is 9.84. The first kappa shape index (κ1) is 37.3. The lowest BCUT2D eigenvalue weighted by Crippen LogP contribution is -2.47. The molecule has 1 amide bonds. The van der Waals surface area contributed by atoms with Crippen molar-refractivity contribution in [1.29, 1.82) is 0 Å². The van der Waals surface area contributed by atoms with Gasteiger partial charge in [-0.25, -0.2) is 9.18 Å². The van der Waals surface area contributed by atoms with Crippen molar-refractivity contribution in [2.24, 2.45) is 21.7 Å². The van der Waals surface area contributed by atoms with E-state index in [2.05, 4.69) is 55.4 Å². The van der Waals surface area contributed by atoms with Crippen molar-refractivity contribution in [2.75, 3.05) is 0 Å². The number of carboxylic acid groups (broad SMARTS) is 1. The molecule has 1 aliphatic rings. The van der Waals surface area contributed by atoms with Crippen molar-refractivity contribution in [3.8, 4) is 0 Å². The van der Waals surface area contributed by atoms with E-state index in [0.29, 0.717) is 23.8 Å². The highest BCUT2D eigenvalue weighted by atomic mass is 35.5. The van der Waals surface area contributed by atoms with E-state index >= 15 is 0 Å². The molecule has 1 N–H and O–H groups in total. The number of aromatic carboxylic acids is 1. The Morgan fingerprint density at radius 3 is 1.98 bits per heavy atom. The maximum Gasteiger partial charge on any atom is 0.335 e. The van der Waals surface area contributed by atoms with Gasteiger partial charge in [0.2, 0.25) is 0 Å². The Morgan fingerprint density at radius 1 is 1.05 bits per heavy atom. The maximum absolute atomic E-state index is 13.8. The number of halogens is 2. The van der Waals surface area contributed by atoms with Crippen LogP contribution in [0.3, 0.4) is 0 Å². The highest BCUT2D eigenvalue weighted by Crippen LogP contribution is 2.41. The summed E-state index contributed by atoms with van der Waals surface area (Å²) in [6, 6.07) is 10.5. The van der Waals surface area contributed by atoms with Crippen LogP contribution in [0.2, 0.25) is 5.02 Å². The van der Waals surface area contributed by atoms with Crippen LogP contribution in [-0.4, -0.2) is 33.3 Å². The molecule has 2 aromatic rings. The van der Waals surface area contributed by atoms with E-state index in [-0.39, 0.29) is 33.7 Å². The fraction of sp³-hybridized carbons (Fsp3) is 0.571. The van der Waals surface area contributed by atoms with Crippen LogP contribution in [0.4, 0.5) is 4.39 Å². The molecule has 42 heavy (non-hydrogen) atoms. The fourth-order valence-corrected chi connectivity index (χ4v) is 4.28. The second kappa shape index (κ2) is 15.1. The number of rotatable bonds is 7. The van der Waals surface area contributed by atoms with Gasteiger partial charge in [-0.3, -0.25) is 9.79 Å². The second-order valence-electron chi connectivity index (χ2n) is 13.4. The van der Waals surface area contributed by atoms with E-state index in [1.807, 2.05) is 27.7 Å². The SMILES string of the molecule is CC.CC(C)C(C)(C)C.CCC1(C)N=C(c2ccc(F)c(Cl)c2)C(=O)N1C(CCC(C)(C)C)c1ccc(C(=O)O)cc1. The zero-order valence-electron chi connectivity index (χ0n) is 27.7. The number of carboxylic acids is 1. The van der Waals surface area contributed by atoms with Crippen molar-refractivity contribution in [1.82, 2.24) is 4.90 Å². The Bertz CT molecular complexity index is 1230. The lowest BCUT2D eigenvalue weighted by molar-refractivity contribution is -0.131. The molecule has 2 atom stereocenters. The first-order valence-electron chi connectivity index (χ1n) is 15.0. The molecule has 5 nitrogen and oxygen atoms in total. The lowest BCUT2D eigenvalue weighted by Gasteiger charge is -2.40. The first-order valence-corrected chi connectivity index (χ1v) is 15.4.